The first-order valence-corrected chi connectivity index (χ1v) is 13.3. The molecule has 0 saturated heterocycles. The Morgan fingerprint density at radius 2 is 1.11 bits per heavy atom. The predicted molar refractivity (Wildman–Crippen MR) is 158 cm³/mol. The van der Waals surface area contributed by atoms with E-state index in [1.165, 1.54) is 44.5 Å². The standard InChI is InChI=1S/C34H37NS/c1-24-15-25(2)18-28(17-24)21-32(36)22-33(30-11-7-5-8-12-30)34(31-13-9-6-10-14-31)35-23-29-19-26(3)16-27(4)20-29/h5-20,33-35H,21-23H2,1-4H3/t33?,34-/m1/s1. The van der Waals surface area contributed by atoms with E-state index in [0.29, 0.717) is 0 Å². The van der Waals surface area contributed by atoms with E-state index in [2.05, 4.69) is 130 Å². The lowest BCUT2D eigenvalue weighted by Crippen LogP contribution is -2.28. The summed E-state index contributed by atoms with van der Waals surface area (Å²) in [6, 6.07) is 35.4. The summed E-state index contributed by atoms with van der Waals surface area (Å²) >= 11 is 6.05. The SMILES string of the molecule is Cc1cc(C)cc(CN[C@H](c2ccccc2)C(CC(=S)Cc2cc(C)cc(C)c2)c2ccccc2)c1. The van der Waals surface area contributed by atoms with Crippen LogP contribution in [0.2, 0.25) is 0 Å². The molecule has 2 atom stereocenters. The van der Waals surface area contributed by atoms with Crippen LogP contribution in [0, 0.1) is 27.7 Å². The molecule has 1 unspecified atom stereocenters. The van der Waals surface area contributed by atoms with Crippen LogP contribution in [0.15, 0.2) is 97.1 Å². The maximum absolute atomic E-state index is 6.05. The third kappa shape index (κ3) is 7.22. The predicted octanol–water partition coefficient (Wildman–Crippen LogP) is 8.54. The van der Waals surface area contributed by atoms with Gasteiger partial charge in [-0.3, -0.25) is 0 Å². The molecule has 4 aromatic carbocycles. The maximum Gasteiger partial charge on any atom is 0.0395 e. The number of hydrogen-bond acceptors (Lipinski definition) is 2. The lowest BCUT2D eigenvalue weighted by Gasteiger charge is -2.30. The first kappa shape index (κ1) is 26.0. The first-order chi connectivity index (χ1) is 17.4. The van der Waals surface area contributed by atoms with Crippen molar-refractivity contribution in [3.05, 3.63) is 142 Å². The average Bonchev–Trinajstić information content (AvgIpc) is 2.83. The van der Waals surface area contributed by atoms with Crippen molar-refractivity contribution in [3.8, 4) is 0 Å². The zero-order chi connectivity index (χ0) is 25.5. The Bertz CT molecular complexity index is 1250. The van der Waals surface area contributed by atoms with E-state index in [9.17, 15) is 0 Å². The number of aryl methyl sites for hydroxylation is 4. The van der Waals surface area contributed by atoms with Crippen molar-refractivity contribution in [1.82, 2.24) is 5.32 Å². The van der Waals surface area contributed by atoms with Gasteiger partial charge in [-0.2, -0.15) is 0 Å². The van der Waals surface area contributed by atoms with Crippen LogP contribution >= 0.6 is 12.2 Å². The molecule has 4 rings (SSSR count). The van der Waals surface area contributed by atoms with Crippen molar-refractivity contribution in [2.45, 2.75) is 59.0 Å². The fraction of sp³-hybridized carbons (Fsp3) is 0.265. The minimum absolute atomic E-state index is 0.145. The third-order valence-electron chi connectivity index (χ3n) is 6.73. The summed E-state index contributed by atoms with van der Waals surface area (Å²) in [6.45, 7) is 9.48. The van der Waals surface area contributed by atoms with Crippen LogP contribution in [0.3, 0.4) is 0 Å². The van der Waals surface area contributed by atoms with Crippen LogP contribution in [0.1, 0.15) is 62.9 Å². The molecule has 0 aliphatic heterocycles. The molecule has 0 fully saturated rings. The first-order valence-electron chi connectivity index (χ1n) is 12.9. The van der Waals surface area contributed by atoms with Crippen molar-refractivity contribution in [3.63, 3.8) is 0 Å². The monoisotopic (exact) mass is 491 g/mol. The molecule has 0 aliphatic carbocycles. The van der Waals surface area contributed by atoms with Gasteiger partial charge in [-0.15, -0.1) is 0 Å². The van der Waals surface area contributed by atoms with Crippen LogP contribution in [-0.2, 0) is 13.0 Å². The second-order valence-corrected chi connectivity index (χ2v) is 10.8. The summed E-state index contributed by atoms with van der Waals surface area (Å²) in [7, 11) is 0. The van der Waals surface area contributed by atoms with Gasteiger partial charge in [0.15, 0.2) is 0 Å². The Balaban J connectivity index is 1.64. The molecule has 1 N–H and O–H groups in total. The fourth-order valence-electron chi connectivity index (χ4n) is 5.40. The summed E-state index contributed by atoms with van der Waals surface area (Å²) in [5.41, 5.74) is 10.4. The van der Waals surface area contributed by atoms with E-state index in [4.69, 9.17) is 12.2 Å². The lowest BCUT2D eigenvalue weighted by molar-refractivity contribution is 0.451. The van der Waals surface area contributed by atoms with E-state index < -0.39 is 0 Å². The highest BCUT2D eigenvalue weighted by Gasteiger charge is 2.26. The molecule has 0 heterocycles. The number of thiocarbonyl (C=S) groups is 1. The second-order valence-electron chi connectivity index (χ2n) is 10.2. The van der Waals surface area contributed by atoms with E-state index in [1.807, 2.05) is 0 Å². The molecule has 0 radical (unpaired) electrons. The Hall–Kier alpha value is -3.07. The highest BCUT2D eigenvalue weighted by molar-refractivity contribution is 7.80. The molecule has 0 aromatic heterocycles. The minimum atomic E-state index is 0.145. The van der Waals surface area contributed by atoms with Gasteiger partial charge in [0.25, 0.3) is 0 Å². The molecule has 0 spiro atoms. The van der Waals surface area contributed by atoms with Gasteiger partial charge >= 0.3 is 0 Å². The average molecular weight is 492 g/mol. The van der Waals surface area contributed by atoms with Gasteiger partial charge in [-0.25, -0.2) is 0 Å². The molecule has 0 amide bonds. The molecule has 4 aromatic rings. The molecule has 0 saturated carbocycles. The lowest BCUT2D eigenvalue weighted by atomic mass is 9.82. The number of nitrogens with one attached hydrogen (secondary N) is 1. The topological polar surface area (TPSA) is 12.0 Å². The van der Waals surface area contributed by atoms with E-state index in [0.717, 1.165) is 24.3 Å². The normalized spacial score (nSPS) is 12.8. The second kappa shape index (κ2) is 12.3. The van der Waals surface area contributed by atoms with Crippen LogP contribution < -0.4 is 5.32 Å². The van der Waals surface area contributed by atoms with Gasteiger partial charge in [0.05, 0.1) is 0 Å². The van der Waals surface area contributed by atoms with Gasteiger partial charge in [-0.1, -0.05) is 132 Å². The van der Waals surface area contributed by atoms with Crippen LogP contribution in [0.25, 0.3) is 0 Å². The Kier molecular flexibility index (Phi) is 8.85. The molecule has 36 heavy (non-hydrogen) atoms. The number of hydrogen-bond donors (Lipinski definition) is 1. The molecule has 184 valence electrons. The van der Waals surface area contributed by atoms with Crippen LogP contribution in [-0.4, -0.2) is 4.86 Å². The fourth-order valence-corrected chi connectivity index (χ4v) is 5.74. The number of rotatable bonds is 10. The van der Waals surface area contributed by atoms with Gasteiger partial charge in [0, 0.05) is 24.9 Å². The zero-order valence-electron chi connectivity index (χ0n) is 21.9. The van der Waals surface area contributed by atoms with Crippen LogP contribution in [0.4, 0.5) is 0 Å². The van der Waals surface area contributed by atoms with Crippen LogP contribution in [0.5, 0.6) is 0 Å². The molecular formula is C34H37NS. The summed E-state index contributed by atoms with van der Waals surface area (Å²) < 4.78 is 0. The van der Waals surface area contributed by atoms with Crippen molar-refractivity contribution in [1.29, 1.82) is 0 Å². The van der Waals surface area contributed by atoms with Crippen molar-refractivity contribution < 1.29 is 0 Å². The van der Waals surface area contributed by atoms with Crippen molar-refractivity contribution >= 4 is 17.1 Å². The minimum Gasteiger partial charge on any atom is -0.305 e. The van der Waals surface area contributed by atoms with Crippen molar-refractivity contribution in [2.75, 3.05) is 0 Å². The van der Waals surface area contributed by atoms with Gasteiger partial charge in [0.2, 0.25) is 0 Å². The summed E-state index contributed by atoms with van der Waals surface area (Å²) in [6.07, 6.45) is 1.69. The maximum atomic E-state index is 6.05. The quantitative estimate of drug-likeness (QED) is 0.223. The Labute approximate surface area is 222 Å². The van der Waals surface area contributed by atoms with Gasteiger partial charge in [0.1, 0.15) is 0 Å². The molecule has 0 aliphatic rings. The molecule has 0 bridgehead atoms. The van der Waals surface area contributed by atoms with E-state index >= 15 is 0 Å². The molecule has 1 nitrogen and oxygen atoms in total. The van der Waals surface area contributed by atoms with Gasteiger partial charge in [-0.05, 0) is 61.2 Å². The summed E-state index contributed by atoms with van der Waals surface area (Å²) in [5.74, 6) is 0.234. The number of benzene rings is 4. The molecular weight excluding hydrogens is 454 g/mol. The smallest absolute Gasteiger partial charge is 0.0395 e. The van der Waals surface area contributed by atoms with Crippen molar-refractivity contribution in [2.24, 2.45) is 0 Å². The highest BCUT2D eigenvalue weighted by Crippen LogP contribution is 2.35. The summed E-state index contributed by atoms with van der Waals surface area (Å²) in [5, 5.41) is 3.93. The highest BCUT2D eigenvalue weighted by atomic mass is 32.1. The zero-order valence-corrected chi connectivity index (χ0v) is 22.7. The van der Waals surface area contributed by atoms with E-state index in [1.54, 1.807) is 0 Å². The summed E-state index contributed by atoms with van der Waals surface area (Å²) in [4.78, 5) is 1.10. The third-order valence-corrected chi connectivity index (χ3v) is 7.04. The van der Waals surface area contributed by atoms with Gasteiger partial charge < -0.3 is 5.32 Å². The Morgan fingerprint density at radius 1 is 0.639 bits per heavy atom. The largest absolute Gasteiger partial charge is 0.305 e. The molecule has 2 heteroatoms. The van der Waals surface area contributed by atoms with E-state index in [-0.39, 0.29) is 12.0 Å². The Morgan fingerprint density at radius 3 is 1.64 bits per heavy atom.